The molecule has 5 N–H and O–H groups in total. The number of nitrogens with zero attached hydrogens (tertiary/aromatic N) is 2. The highest BCUT2D eigenvalue weighted by Crippen LogP contribution is 2.41. The number of amides is 2. The van der Waals surface area contributed by atoms with Crippen LogP contribution in [0.25, 0.3) is 10.2 Å². The molecule has 2 aliphatic rings. The molecule has 152 valence electrons. The number of hydrogen-bond acceptors (Lipinski definition) is 9. The summed E-state index contributed by atoms with van der Waals surface area (Å²) in [5, 5.41) is 14.6. The number of β-lactam (4-membered cyclic amide) rings is 1. The number of carbonyl (C=O) groups excluding carboxylic acids is 2. The van der Waals surface area contributed by atoms with Crippen molar-refractivity contribution in [3.8, 4) is 0 Å². The van der Waals surface area contributed by atoms with Gasteiger partial charge >= 0.3 is 6.16 Å². The molecule has 2 aromatic rings. The van der Waals surface area contributed by atoms with Gasteiger partial charge in [0.2, 0.25) is 11.8 Å². The minimum Gasteiger partial charge on any atom is -0.449 e. The third-order valence-corrected chi connectivity index (χ3v) is 6.83. The zero-order valence-electron chi connectivity index (χ0n) is 14.5. The molecule has 1 fully saturated rings. The molecule has 2 amide bonds. The minimum atomic E-state index is -1.56. The number of benzene rings is 1. The summed E-state index contributed by atoms with van der Waals surface area (Å²) in [6.45, 7) is -0.0542. The van der Waals surface area contributed by atoms with Gasteiger partial charge in [-0.25, -0.2) is 9.78 Å². The summed E-state index contributed by atoms with van der Waals surface area (Å²) in [5.41, 5.74) is 7.11. The van der Waals surface area contributed by atoms with Crippen molar-refractivity contribution >= 4 is 73.7 Å². The van der Waals surface area contributed by atoms with Crippen molar-refractivity contribution in [2.45, 2.75) is 11.4 Å². The van der Waals surface area contributed by atoms with Gasteiger partial charge in [-0.3, -0.25) is 14.5 Å². The predicted octanol–water partition coefficient (Wildman–Crippen LogP) is 1.79. The number of carboxylic acid groups (broad SMARTS) is 1. The van der Waals surface area contributed by atoms with Gasteiger partial charge in [0.1, 0.15) is 11.4 Å². The van der Waals surface area contributed by atoms with Gasteiger partial charge in [0.05, 0.1) is 21.8 Å². The maximum absolute atomic E-state index is 12.4. The molecule has 1 saturated heterocycles. The number of nitrogens with two attached hydrogens (primary N) is 1. The second-order valence-corrected chi connectivity index (χ2v) is 8.74. The lowest BCUT2D eigenvalue weighted by Crippen LogP contribution is -2.70. The largest absolute Gasteiger partial charge is 0.512 e. The molecule has 1 aromatic carbocycles. The summed E-state index contributed by atoms with van der Waals surface area (Å²) < 4.78 is 5.56. The third kappa shape index (κ3) is 3.78. The Bertz CT molecular complexity index is 1060. The van der Waals surface area contributed by atoms with Crippen LogP contribution in [-0.2, 0) is 14.3 Å². The lowest BCUT2D eigenvalue weighted by molar-refractivity contribution is -0.148. The highest BCUT2D eigenvalue weighted by Gasteiger charge is 2.54. The Morgan fingerprint density at radius 1 is 1.45 bits per heavy atom. The molecule has 3 heterocycles. The van der Waals surface area contributed by atoms with Gasteiger partial charge in [-0.2, -0.15) is 0 Å². The second kappa shape index (κ2) is 7.61. The fourth-order valence-corrected chi connectivity index (χ4v) is 5.18. The average molecular weight is 456 g/mol. The second-order valence-electron chi connectivity index (χ2n) is 6.12. The van der Waals surface area contributed by atoms with Crippen molar-refractivity contribution in [2.24, 2.45) is 0 Å². The molecular weight excluding hydrogens is 442 g/mol. The maximum atomic E-state index is 12.4. The first-order valence-electron chi connectivity index (χ1n) is 8.27. The molecule has 10 nitrogen and oxygen atoms in total. The van der Waals surface area contributed by atoms with Gasteiger partial charge in [0, 0.05) is 11.4 Å². The van der Waals surface area contributed by atoms with Crippen LogP contribution in [0, 0.1) is 0 Å². The van der Waals surface area contributed by atoms with E-state index >= 15 is 0 Å². The number of ether oxygens (including phenoxy) is 1. The predicted molar refractivity (Wildman–Crippen MR) is 110 cm³/mol. The van der Waals surface area contributed by atoms with E-state index in [0.29, 0.717) is 10.8 Å². The number of fused-ring (bicyclic) bond motifs is 2. The van der Waals surface area contributed by atoms with Crippen LogP contribution in [0.3, 0.4) is 0 Å². The summed E-state index contributed by atoms with van der Waals surface area (Å²) >= 11 is 8.65. The Balaban J connectivity index is 1.35. The number of nitrogen functional groups attached to an aromatic ring is 1. The first-order chi connectivity index (χ1) is 13.8. The van der Waals surface area contributed by atoms with Crippen LogP contribution in [-0.4, -0.2) is 56.7 Å². The van der Waals surface area contributed by atoms with E-state index in [1.54, 1.807) is 6.07 Å². The molecule has 0 radical (unpaired) electrons. The summed E-state index contributed by atoms with van der Waals surface area (Å²) in [4.78, 5) is 40.8. The van der Waals surface area contributed by atoms with Crippen LogP contribution >= 0.6 is 34.7 Å². The van der Waals surface area contributed by atoms with Crippen LogP contribution in [0.2, 0.25) is 0 Å². The number of thioether (sulfide) groups is 1. The fourth-order valence-electron chi connectivity index (χ4n) is 2.98. The van der Waals surface area contributed by atoms with Gasteiger partial charge in [-0.05, 0) is 18.2 Å². The Morgan fingerprint density at radius 2 is 2.24 bits per heavy atom. The van der Waals surface area contributed by atoms with Crippen molar-refractivity contribution in [2.75, 3.05) is 23.3 Å². The Hall–Kier alpha value is -2.70. The summed E-state index contributed by atoms with van der Waals surface area (Å²) in [5.74, 6) is -0.792. The van der Waals surface area contributed by atoms with Crippen molar-refractivity contribution in [3.63, 3.8) is 0 Å². The maximum Gasteiger partial charge on any atom is 0.512 e. The topological polar surface area (TPSA) is 147 Å². The average Bonchev–Trinajstić information content (AvgIpc) is 3.04. The van der Waals surface area contributed by atoms with Gasteiger partial charge in [-0.1, -0.05) is 22.9 Å². The Kier molecular flexibility index (Phi) is 5.15. The van der Waals surface area contributed by atoms with E-state index in [1.807, 2.05) is 12.1 Å². The molecule has 4 rings (SSSR count). The number of anilines is 2. The lowest BCUT2D eigenvalue weighted by atomic mass is 10.1. The van der Waals surface area contributed by atoms with Crippen LogP contribution < -0.4 is 16.4 Å². The molecule has 13 heteroatoms. The summed E-state index contributed by atoms with van der Waals surface area (Å²) in [6.07, 6.45) is -1.56. The molecule has 0 spiro atoms. The molecule has 2 aliphatic heterocycles. The van der Waals surface area contributed by atoms with E-state index in [0.717, 1.165) is 15.1 Å². The lowest BCUT2D eigenvalue weighted by Gasteiger charge is -2.48. The van der Waals surface area contributed by atoms with Crippen molar-refractivity contribution in [1.82, 2.24) is 15.2 Å². The van der Waals surface area contributed by atoms with Crippen LogP contribution in [0.1, 0.15) is 0 Å². The van der Waals surface area contributed by atoms with Gasteiger partial charge < -0.3 is 26.2 Å². The van der Waals surface area contributed by atoms with Gasteiger partial charge in [0.25, 0.3) is 5.91 Å². The fraction of sp³-hybridized carbons (Fsp3) is 0.250. The molecule has 0 bridgehead atoms. The van der Waals surface area contributed by atoms with Gasteiger partial charge in [0.15, 0.2) is 5.13 Å². The monoisotopic (exact) mass is 455 g/mol. The van der Waals surface area contributed by atoms with E-state index in [9.17, 15) is 14.4 Å². The zero-order valence-corrected chi connectivity index (χ0v) is 16.9. The zero-order chi connectivity index (χ0) is 20.7. The SMILES string of the molecule is Nc1nc2cc(NCC(=O)NC3C(=O)N4C(OC(=O)O)=C(Cl)CS[C@@H]34)ccc2s1. The summed E-state index contributed by atoms with van der Waals surface area (Å²) in [6, 6.07) is 4.66. The van der Waals surface area contributed by atoms with Crippen LogP contribution in [0.5, 0.6) is 0 Å². The quantitative estimate of drug-likeness (QED) is 0.391. The van der Waals surface area contributed by atoms with Crippen molar-refractivity contribution in [3.05, 3.63) is 29.1 Å². The molecular formula is C16H14ClN5O5S2. The van der Waals surface area contributed by atoms with Gasteiger partial charge in [-0.15, -0.1) is 11.8 Å². The number of hydrogen-bond donors (Lipinski definition) is 4. The van der Waals surface area contributed by atoms with E-state index < -0.39 is 23.5 Å². The molecule has 0 saturated carbocycles. The van der Waals surface area contributed by atoms with E-state index in [-0.39, 0.29) is 29.1 Å². The molecule has 2 atom stereocenters. The molecule has 1 unspecified atom stereocenters. The molecule has 0 aliphatic carbocycles. The standard InChI is InChI=1S/C16H14ClN5O5S2/c17-7-5-28-14-11(12(24)22(14)13(7)27-16(25)26)21-10(23)4-19-6-1-2-9-8(3-6)20-15(18)29-9/h1-3,11,14,19H,4-5H2,(H2,18,20)(H,21,23)(H,25,26)/t11?,14-/m0/s1. The molecule has 29 heavy (non-hydrogen) atoms. The number of rotatable bonds is 5. The normalized spacial score (nSPS) is 20.9. The number of nitrogens with one attached hydrogen (secondary N) is 2. The smallest absolute Gasteiger partial charge is 0.449 e. The number of aromatic nitrogens is 1. The summed E-state index contributed by atoms with van der Waals surface area (Å²) in [7, 11) is 0. The number of thiazole rings is 1. The van der Waals surface area contributed by atoms with Crippen molar-refractivity contribution in [1.29, 1.82) is 0 Å². The first-order valence-corrected chi connectivity index (χ1v) is 10.5. The Morgan fingerprint density at radius 3 is 3.00 bits per heavy atom. The number of carbonyl (C=O) groups is 3. The molecule has 1 aromatic heterocycles. The first kappa shape index (κ1) is 19.6. The third-order valence-electron chi connectivity index (χ3n) is 4.23. The van der Waals surface area contributed by atoms with Crippen LogP contribution in [0.15, 0.2) is 29.1 Å². The minimum absolute atomic E-state index is 0.0542. The number of halogens is 1. The van der Waals surface area contributed by atoms with E-state index in [4.69, 9.17) is 22.4 Å². The van der Waals surface area contributed by atoms with Crippen molar-refractivity contribution < 1.29 is 24.2 Å². The van der Waals surface area contributed by atoms with E-state index in [1.165, 1.54) is 23.1 Å². The van der Waals surface area contributed by atoms with E-state index in [2.05, 4.69) is 20.4 Å². The highest BCUT2D eigenvalue weighted by atomic mass is 35.5. The Labute approximate surface area is 177 Å². The van der Waals surface area contributed by atoms with Crippen LogP contribution in [0.4, 0.5) is 15.6 Å². The highest BCUT2D eigenvalue weighted by molar-refractivity contribution is 8.00.